The van der Waals surface area contributed by atoms with E-state index in [1.807, 2.05) is 0 Å². The Morgan fingerprint density at radius 2 is 1.89 bits per heavy atom. The number of nitrogens with one attached hydrogen (secondary N) is 1. The van der Waals surface area contributed by atoms with Gasteiger partial charge in [0.1, 0.15) is 0 Å². The lowest BCUT2D eigenvalue weighted by Crippen LogP contribution is -2.30. The molecule has 1 heterocycles. The van der Waals surface area contributed by atoms with Crippen molar-refractivity contribution < 1.29 is 0 Å². The van der Waals surface area contributed by atoms with Crippen molar-refractivity contribution in [3.63, 3.8) is 0 Å². The summed E-state index contributed by atoms with van der Waals surface area (Å²) in [6, 6.07) is 11.6. The van der Waals surface area contributed by atoms with Crippen LogP contribution >= 0.6 is 27.3 Å². The van der Waals surface area contributed by atoms with E-state index in [0.717, 1.165) is 10.9 Å². The Labute approximate surface area is 121 Å². The van der Waals surface area contributed by atoms with Gasteiger partial charge in [-0.2, -0.15) is 11.3 Å². The fourth-order valence-electron chi connectivity index (χ4n) is 2.08. The third-order valence-corrected chi connectivity index (χ3v) is 4.26. The van der Waals surface area contributed by atoms with Crippen LogP contribution in [0.15, 0.2) is 45.6 Å². The Kier molecular flexibility index (Phi) is 4.98. The molecule has 1 aromatic heterocycles. The summed E-state index contributed by atoms with van der Waals surface area (Å²) in [5, 5.41) is 7.98. The molecule has 0 bridgehead atoms. The maximum absolute atomic E-state index is 3.64. The van der Waals surface area contributed by atoms with Crippen LogP contribution in [0.4, 0.5) is 0 Å². The highest BCUT2D eigenvalue weighted by Crippen LogP contribution is 2.17. The maximum Gasteiger partial charge on any atom is 0.0302 e. The van der Waals surface area contributed by atoms with Crippen molar-refractivity contribution in [3.05, 3.63) is 56.7 Å². The Bertz CT molecular complexity index is 464. The highest BCUT2D eigenvalue weighted by Gasteiger charge is 2.10. The van der Waals surface area contributed by atoms with E-state index >= 15 is 0 Å². The first-order valence-corrected chi connectivity index (χ1v) is 7.91. The summed E-state index contributed by atoms with van der Waals surface area (Å²) in [4.78, 5) is 0. The lowest BCUT2D eigenvalue weighted by molar-refractivity contribution is 0.478. The van der Waals surface area contributed by atoms with Crippen LogP contribution in [0.5, 0.6) is 0 Å². The fraction of sp³-hybridized carbons (Fsp3) is 0.333. The Balaban J connectivity index is 1.88. The predicted octanol–water partition coefficient (Wildman–Crippen LogP) is 4.79. The summed E-state index contributed by atoms with van der Waals surface area (Å²) in [6.07, 6.45) is 1.06. The third-order valence-electron chi connectivity index (χ3n) is 3.03. The molecular weight excluding hydrogens is 306 g/mol. The molecule has 0 saturated carbocycles. The monoisotopic (exact) mass is 323 g/mol. The first-order chi connectivity index (χ1) is 8.65. The topological polar surface area (TPSA) is 12.0 Å². The van der Waals surface area contributed by atoms with Crippen molar-refractivity contribution in [2.45, 2.75) is 32.4 Å². The molecule has 0 radical (unpaired) electrons. The molecule has 1 N–H and O–H groups in total. The van der Waals surface area contributed by atoms with Gasteiger partial charge in [0.15, 0.2) is 0 Å². The molecule has 0 aliphatic rings. The van der Waals surface area contributed by atoms with Crippen molar-refractivity contribution >= 4 is 27.3 Å². The molecule has 0 saturated heterocycles. The molecule has 1 nitrogen and oxygen atoms in total. The summed E-state index contributed by atoms with van der Waals surface area (Å²) in [6.45, 7) is 4.46. The summed E-state index contributed by atoms with van der Waals surface area (Å²) in [5.74, 6) is 0. The molecule has 0 amide bonds. The predicted molar refractivity (Wildman–Crippen MR) is 83.2 cm³/mol. The molecule has 0 fully saturated rings. The molecule has 0 aliphatic heterocycles. The Morgan fingerprint density at radius 3 is 2.50 bits per heavy atom. The minimum absolute atomic E-state index is 0.418. The van der Waals surface area contributed by atoms with Crippen molar-refractivity contribution in [3.8, 4) is 0 Å². The van der Waals surface area contributed by atoms with Gasteiger partial charge in [0.2, 0.25) is 0 Å². The molecule has 96 valence electrons. The average Bonchev–Trinajstić information content (AvgIpc) is 2.85. The summed E-state index contributed by atoms with van der Waals surface area (Å²) >= 11 is 5.22. The van der Waals surface area contributed by atoms with Gasteiger partial charge in [-0.1, -0.05) is 28.1 Å². The van der Waals surface area contributed by atoms with E-state index in [1.54, 1.807) is 11.3 Å². The molecule has 2 atom stereocenters. The standard InChI is InChI=1S/C15H18BrNS/c1-11(9-13-3-5-15(16)6-4-13)17-12(2)14-7-8-18-10-14/h3-8,10-12,17H,9H2,1-2H3. The number of hydrogen-bond donors (Lipinski definition) is 1. The van der Waals surface area contributed by atoms with Gasteiger partial charge in [-0.15, -0.1) is 0 Å². The first-order valence-electron chi connectivity index (χ1n) is 6.17. The molecule has 0 aliphatic carbocycles. The van der Waals surface area contributed by atoms with Gasteiger partial charge in [0.25, 0.3) is 0 Å². The van der Waals surface area contributed by atoms with Crippen LogP contribution in [0.3, 0.4) is 0 Å². The van der Waals surface area contributed by atoms with Gasteiger partial charge in [-0.05, 0) is 60.4 Å². The summed E-state index contributed by atoms with van der Waals surface area (Å²) in [7, 11) is 0. The van der Waals surface area contributed by atoms with Crippen LogP contribution in [0.1, 0.15) is 31.0 Å². The van der Waals surface area contributed by atoms with Crippen LogP contribution in [0, 0.1) is 0 Å². The van der Waals surface area contributed by atoms with E-state index in [0.29, 0.717) is 12.1 Å². The lowest BCUT2D eigenvalue weighted by atomic mass is 10.1. The third kappa shape index (κ3) is 3.94. The molecule has 2 unspecified atom stereocenters. The second kappa shape index (κ2) is 6.50. The molecule has 2 rings (SSSR count). The van der Waals surface area contributed by atoms with Gasteiger partial charge in [0, 0.05) is 16.6 Å². The highest BCUT2D eigenvalue weighted by molar-refractivity contribution is 9.10. The van der Waals surface area contributed by atoms with Gasteiger partial charge < -0.3 is 5.32 Å². The number of hydrogen-bond acceptors (Lipinski definition) is 2. The zero-order chi connectivity index (χ0) is 13.0. The largest absolute Gasteiger partial charge is 0.307 e. The van der Waals surface area contributed by atoms with Crippen LogP contribution in [0.2, 0.25) is 0 Å². The lowest BCUT2D eigenvalue weighted by Gasteiger charge is -2.19. The van der Waals surface area contributed by atoms with Crippen molar-refractivity contribution in [1.29, 1.82) is 0 Å². The average molecular weight is 324 g/mol. The smallest absolute Gasteiger partial charge is 0.0302 e. The van der Waals surface area contributed by atoms with Gasteiger partial charge in [0.05, 0.1) is 0 Å². The van der Waals surface area contributed by atoms with Gasteiger partial charge >= 0.3 is 0 Å². The number of benzene rings is 1. The van der Waals surface area contributed by atoms with Crippen LogP contribution in [-0.2, 0) is 6.42 Å². The van der Waals surface area contributed by atoms with Crippen molar-refractivity contribution in [1.82, 2.24) is 5.32 Å². The van der Waals surface area contributed by atoms with Gasteiger partial charge in [-0.25, -0.2) is 0 Å². The molecular formula is C15H18BrNS. The van der Waals surface area contributed by atoms with E-state index in [-0.39, 0.29) is 0 Å². The molecule has 2 aromatic rings. The summed E-state index contributed by atoms with van der Waals surface area (Å²) in [5.41, 5.74) is 2.75. The number of thiophene rings is 1. The number of rotatable bonds is 5. The fourth-order valence-corrected chi connectivity index (χ4v) is 3.10. The Morgan fingerprint density at radius 1 is 1.17 bits per heavy atom. The molecule has 3 heteroatoms. The van der Waals surface area contributed by atoms with Gasteiger partial charge in [-0.3, -0.25) is 0 Å². The second-order valence-corrected chi connectivity index (χ2v) is 6.37. The highest BCUT2D eigenvalue weighted by atomic mass is 79.9. The normalized spacial score (nSPS) is 14.4. The first kappa shape index (κ1) is 13.8. The van der Waals surface area contributed by atoms with Crippen LogP contribution < -0.4 is 5.32 Å². The van der Waals surface area contributed by atoms with Crippen molar-refractivity contribution in [2.24, 2.45) is 0 Å². The van der Waals surface area contributed by atoms with E-state index in [9.17, 15) is 0 Å². The second-order valence-electron chi connectivity index (χ2n) is 4.68. The molecule has 1 aromatic carbocycles. The zero-order valence-electron chi connectivity index (χ0n) is 10.7. The van der Waals surface area contributed by atoms with E-state index in [4.69, 9.17) is 0 Å². The Hall–Kier alpha value is -0.640. The summed E-state index contributed by atoms with van der Waals surface area (Å²) < 4.78 is 1.14. The minimum Gasteiger partial charge on any atom is -0.307 e. The molecule has 0 spiro atoms. The van der Waals surface area contributed by atoms with Crippen molar-refractivity contribution in [2.75, 3.05) is 0 Å². The maximum atomic E-state index is 3.64. The quantitative estimate of drug-likeness (QED) is 0.833. The van der Waals surface area contributed by atoms with E-state index in [2.05, 4.69) is 76.2 Å². The number of halogens is 1. The van der Waals surface area contributed by atoms with Crippen LogP contribution in [0.25, 0.3) is 0 Å². The van der Waals surface area contributed by atoms with E-state index in [1.165, 1.54) is 11.1 Å². The zero-order valence-corrected chi connectivity index (χ0v) is 13.1. The SMILES string of the molecule is CC(Cc1ccc(Br)cc1)NC(C)c1ccsc1. The van der Waals surface area contributed by atoms with Crippen LogP contribution in [-0.4, -0.2) is 6.04 Å². The minimum atomic E-state index is 0.418. The molecule has 18 heavy (non-hydrogen) atoms. The van der Waals surface area contributed by atoms with E-state index < -0.39 is 0 Å².